The average Bonchev–Trinajstić information content (AvgIpc) is 3.64. The number of rotatable bonds is 22. The van der Waals surface area contributed by atoms with Gasteiger partial charge in [-0.05, 0) is 37.0 Å². The number of benzene rings is 3. The Balaban J connectivity index is 0. The monoisotopic (exact) mass is 990 g/mol. The number of nitrogens with zero attached hydrogens (tertiary/aromatic N) is 3. The Hall–Kier alpha value is -2.11. The topological polar surface area (TPSA) is 139 Å². The van der Waals surface area contributed by atoms with Gasteiger partial charge in [0.25, 0.3) is 10.1 Å². The molecule has 14 heteroatoms. The van der Waals surface area contributed by atoms with Crippen LogP contribution in [-0.2, 0) is 21.2 Å². The molecule has 10 nitrogen and oxygen atoms in total. The van der Waals surface area contributed by atoms with Crippen molar-refractivity contribution in [1.29, 1.82) is 0 Å². The maximum Gasteiger partial charge on any atom is 0.466 e. The third kappa shape index (κ3) is 31.7. The molecule has 1 aliphatic heterocycles. The molecular weight excluding hydrogens is 904 g/mol. The van der Waals surface area contributed by atoms with Crippen LogP contribution in [0.2, 0.25) is 0 Å². The molecule has 62 heavy (non-hydrogen) atoms. The average molecular weight is 992 g/mol. The zero-order valence-electron chi connectivity index (χ0n) is 39.6. The van der Waals surface area contributed by atoms with Crippen LogP contribution in [-0.4, -0.2) is 95.5 Å². The third-order valence-electron chi connectivity index (χ3n) is 10.7. The van der Waals surface area contributed by atoms with Crippen molar-refractivity contribution in [1.82, 2.24) is 14.3 Å². The summed E-state index contributed by atoms with van der Waals surface area (Å²) in [6.07, 6.45) is 25.7. The van der Waals surface area contributed by atoms with E-state index >= 15 is 0 Å². The molecular formula is C48H87BrN3O7P2S+. The van der Waals surface area contributed by atoms with E-state index in [1.54, 1.807) is 5.30 Å². The summed E-state index contributed by atoms with van der Waals surface area (Å²) in [7, 11) is -7.46. The smallest absolute Gasteiger partial charge is 0.362 e. The number of unbranched alkanes of at least 4 members (excludes halogenated alkanes) is 6. The Morgan fingerprint density at radius 3 is 1.27 bits per heavy atom. The molecule has 0 atom stereocenters. The van der Waals surface area contributed by atoms with Gasteiger partial charge in [-0.3, -0.25) is 9.04 Å². The number of halogens is 1. The molecule has 0 aromatic heterocycles. The van der Waals surface area contributed by atoms with Crippen LogP contribution >= 0.6 is 32.1 Å². The molecule has 0 spiro atoms. The summed E-state index contributed by atoms with van der Waals surface area (Å²) in [4.78, 5) is 26.0. The number of hydrogen-bond donors (Lipinski definition) is 4. The first-order valence-electron chi connectivity index (χ1n) is 22.8. The quantitative estimate of drug-likeness (QED) is 0.0440. The van der Waals surface area contributed by atoms with Gasteiger partial charge in [-0.25, -0.2) is 4.57 Å². The number of quaternary nitrogens is 1. The van der Waals surface area contributed by atoms with Crippen LogP contribution in [0.25, 0.3) is 0 Å². The fourth-order valence-electron chi connectivity index (χ4n) is 7.50. The zero-order valence-corrected chi connectivity index (χ0v) is 44.0. The van der Waals surface area contributed by atoms with Crippen LogP contribution in [0.3, 0.4) is 0 Å². The van der Waals surface area contributed by atoms with Gasteiger partial charge in [0.1, 0.15) is 5.69 Å². The van der Waals surface area contributed by atoms with E-state index in [-0.39, 0.29) is 17.0 Å². The minimum atomic E-state index is -4.64. The largest absolute Gasteiger partial charge is 0.466 e. The van der Waals surface area contributed by atoms with Gasteiger partial charge in [-0.1, -0.05) is 88.6 Å². The Bertz CT molecular complexity index is 1540. The minimum Gasteiger partial charge on any atom is -0.362 e. The van der Waals surface area contributed by atoms with E-state index < -0.39 is 25.2 Å². The molecule has 0 saturated heterocycles. The van der Waals surface area contributed by atoms with Crippen LogP contribution in [0.5, 0.6) is 0 Å². The first-order chi connectivity index (χ1) is 28.9. The van der Waals surface area contributed by atoms with Crippen molar-refractivity contribution in [3.63, 3.8) is 0 Å². The summed E-state index contributed by atoms with van der Waals surface area (Å²) in [6.45, 7) is 19.8. The minimum absolute atomic E-state index is 0. The van der Waals surface area contributed by atoms with Gasteiger partial charge in [0, 0.05) is 26.0 Å². The molecule has 0 bridgehead atoms. The summed E-state index contributed by atoms with van der Waals surface area (Å²) in [5.41, 5.74) is 2.89. The van der Waals surface area contributed by atoms with Gasteiger partial charge in [0.2, 0.25) is 0 Å². The maximum absolute atomic E-state index is 9.19. The van der Waals surface area contributed by atoms with Crippen molar-refractivity contribution < 1.29 is 32.2 Å². The molecule has 3 aromatic rings. The predicted octanol–water partition coefficient (Wildman–Crippen LogP) is 11.9. The van der Waals surface area contributed by atoms with E-state index in [4.69, 9.17) is 23.8 Å². The SMILES string of the molecule is Br.CCCC[N+](CCCC)(CCCC)c1ccccc1.CCCC[PH](CCCC)(CCCC)c1ccccc1.CN1C=CN(Cc2ccccc2)C1.CS(=O)(=O)O.O=P(O)(O)O. The third-order valence-corrected chi connectivity index (χ3v) is 16.2. The molecule has 1 heterocycles. The summed E-state index contributed by atoms with van der Waals surface area (Å²) in [5, 5.41) is 1.73. The summed E-state index contributed by atoms with van der Waals surface area (Å²) in [6, 6.07) is 33.3. The van der Waals surface area contributed by atoms with E-state index in [0.717, 1.165) is 13.2 Å². The van der Waals surface area contributed by atoms with Crippen LogP contribution in [0, 0.1) is 0 Å². The van der Waals surface area contributed by atoms with Crippen molar-refractivity contribution in [2.45, 2.75) is 125 Å². The molecule has 4 rings (SSSR count). The first kappa shape index (κ1) is 62.0. The van der Waals surface area contributed by atoms with Crippen LogP contribution in [0.1, 0.15) is 124 Å². The second-order valence-corrected chi connectivity index (χ2v) is 23.5. The molecule has 0 saturated carbocycles. The van der Waals surface area contributed by atoms with Gasteiger partial charge in [0.15, 0.2) is 0 Å². The van der Waals surface area contributed by atoms with Gasteiger partial charge in [-0.15, -0.1) is 17.0 Å². The molecule has 0 fully saturated rings. The van der Waals surface area contributed by atoms with Crippen LogP contribution in [0.4, 0.5) is 5.69 Å². The number of para-hydroxylation sites is 1. The van der Waals surface area contributed by atoms with E-state index in [0.29, 0.717) is 6.26 Å². The molecule has 1 aliphatic rings. The Kier molecular flexibility index (Phi) is 36.1. The Morgan fingerprint density at radius 1 is 0.613 bits per heavy atom. The van der Waals surface area contributed by atoms with E-state index in [1.165, 1.54) is 131 Å². The fourth-order valence-corrected chi connectivity index (χ4v) is 13.1. The summed E-state index contributed by atoms with van der Waals surface area (Å²) < 4.78 is 36.0. The molecule has 4 N–H and O–H groups in total. The van der Waals surface area contributed by atoms with Crippen LogP contribution in [0.15, 0.2) is 103 Å². The molecule has 0 aliphatic carbocycles. The molecule has 0 amide bonds. The van der Waals surface area contributed by atoms with Crippen molar-refractivity contribution in [3.05, 3.63) is 109 Å². The Morgan fingerprint density at radius 2 is 0.952 bits per heavy atom. The molecule has 0 unspecified atom stereocenters. The van der Waals surface area contributed by atoms with E-state index in [9.17, 15) is 8.42 Å². The second kappa shape index (κ2) is 36.1. The van der Waals surface area contributed by atoms with Gasteiger partial charge < -0.3 is 24.5 Å². The van der Waals surface area contributed by atoms with E-state index in [2.05, 4.69) is 162 Å². The van der Waals surface area contributed by atoms with Crippen molar-refractivity contribution >= 4 is 53.2 Å². The number of phosphoric acid groups is 1. The fraction of sp³-hybridized carbons (Fsp3) is 0.583. The van der Waals surface area contributed by atoms with Crippen molar-refractivity contribution in [2.24, 2.45) is 0 Å². The van der Waals surface area contributed by atoms with Crippen molar-refractivity contribution in [3.8, 4) is 0 Å². The second-order valence-electron chi connectivity index (χ2n) is 16.3. The van der Waals surface area contributed by atoms with Crippen molar-refractivity contribution in [2.75, 3.05) is 58.1 Å². The van der Waals surface area contributed by atoms with E-state index in [1.807, 2.05) is 0 Å². The van der Waals surface area contributed by atoms with Gasteiger partial charge in [-0.2, -0.15) is 8.42 Å². The maximum atomic E-state index is 9.19. The standard InChI is InChI=1S/C18H32N.C18H33P.C11H14N2.CH4O3S.BrH.H3O4P/c2*1-4-7-15-19(16-8-5-2,17-9-6-3)18-13-11-10-12-14-18;1-12-7-8-13(10-12)9-11-5-3-2-4-6-11;1-5(2,3)4;;1-5(2,3)4/h10-14H,4-9,15-17H2,1-3H3;10-14,19H,4-9,15-17H2,1-3H3;2-8H,9-10H2,1H3;1H3,(H,2,3,4);1H;(H3,1,2,3,4)/q+1;;;;;. The molecule has 358 valence electrons. The van der Waals surface area contributed by atoms with Crippen LogP contribution < -0.4 is 9.79 Å². The first-order valence-corrected chi connectivity index (χ1v) is 28.8. The van der Waals surface area contributed by atoms with Gasteiger partial charge >= 0.3 is 129 Å². The predicted molar refractivity (Wildman–Crippen MR) is 277 cm³/mol. The van der Waals surface area contributed by atoms with Gasteiger partial charge in [0.05, 0.1) is 32.6 Å². The number of hydrogen-bond acceptors (Lipinski definition) is 5. The normalized spacial score (nSPS) is 12.6. The summed E-state index contributed by atoms with van der Waals surface area (Å²) >= 11 is 0. The summed E-state index contributed by atoms with van der Waals surface area (Å²) in [5.74, 6) is 0. The Labute approximate surface area is 389 Å². The molecule has 0 radical (unpaired) electrons. The molecule has 3 aromatic carbocycles. The zero-order chi connectivity index (χ0) is 46.0.